The number of carbonyl (C=O) groups is 1. The minimum Gasteiger partial charge on any atom is -0.508 e. The highest BCUT2D eigenvalue weighted by atomic mass is 16.3. The molecule has 124 valence electrons. The number of fused-ring (bicyclic) bond motifs is 1. The Kier molecular flexibility index (Phi) is 5.11. The quantitative estimate of drug-likeness (QED) is 0.585. The van der Waals surface area contributed by atoms with Crippen molar-refractivity contribution in [3.63, 3.8) is 0 Å². The predicted octanol–water partition coefficient (Wildman–Crippen LogP) is 2.95. The van der Waals surface area contributed by atoms with Crippen molar-refractivity contribution >= 4 is 16.9 Å². The fraction of sp³-hybridized carbons (Fsp3) is 0.263. The summed E-state index contributed by atoms with van der Waals surface area (Å²) < 4.78 is 0. The van der Waals surface area contributed by atoms with E-state index in [4.69, 9.17) is 0 Å². The molecule has 1 amide bonds. The van der Waals surface area contributed by atoms with Gasteiger partial charge in [-0.25, -0.2) is 4.98 Å². The zero-order valence-corrected chi connectivity index (χ0v) is 13.5. The normalized spacial score (nSPS) is 10.8. The smallest absolute Gasteiger partial charge is 0.220 e. The molecule has 0 atom stereocenters. The van der Waals surface area contributed by atoms with Gasteiger partial charge in [-0.15, -0.1) is 0 Å². The second-order valence-corrected chi connectivity index (χ2v) is 5.78. The van der Waals surface area contributed by atoms with Gasteiger partial charge in [0.15, 0.2) is 0 Å². The maximum Gasteiger partial charge on any atom is 0.220 e. The molecule has 0 aliphatic rings. The lowest BCUT2D eigenvalue weighted by atomic mass is 10.1. The van der Waals surface area contributed by atoms with E-state index in [9.17, 15) is 9.90 Å². The molecular formula is C19H21N3O2. The summed E-state index contributed by atoms with van der Waals surface area (Å²) in [6.45, 7) is 0.622. The van der Waals surface area contributed by atoms with Crippen molar-refractivity contribution in [2.75, 3.05) is 6.54 Å². The highest BCUT2D eigenvalue weighted by molar-refractivity contribution is 5.76. The van der Waals surface area contributed by atoms with Crippen molar-refractivity contribution in [2.24, 2.45) is 0 Å². The zero-order chi connectivity index (χ0) is 16.8. The molecule has 2 aromatic carbocycles. The van der Waals surface area contributed by atoms with Crippen molar-refractivity contribution in [2.45, 2.75) is 25.7 Å². The lowest BCUT2D eigenvalue weighted by molar-refractivity contribution is -0.121. The molecule has 0 spiro atoms. The van der Waals surface area contributed by atoms with Gasteiger partial charge >= 0.3 is 0 Å². The van der Waals surface area contributed by atoms with Gasteiger partial charge in [-0.3, -0.25) is 4.79 Å². The molecule has 0 aliphatic heterocycles. The lowest BCUT2D eigenvalue weighted by Crippen LogP contribution is -2.25. The van der Waals surface area contributed by atoms with Crippen LogP contribution in [-0.2, 0) is 17.6 Å². The highest BCUT2D eigenvalue weighted by Crippen LogP contribution is 2.17. The summed E-state index contributed by atoms with van der Waals surface area (Å²) in [4.78, 5) is 19.7. The molecule has 0 saturated carbocycles. The third-order valence-electron chi connectivity index (χ3n) is 3.96. The first-order valence-electron chi connectivity index (χ1n) is 8.19. The van der Waals surface area contributed by atoms with E-state index >= 15 is 0 Å². The maximum atomic E-state index is 11.9. The van der Waals surface area contributed by atoms with E-state index in [2.05, 4.69) is 15.3 Å². The van der Waals surface area contributed by atoms with E-state index in [1.165, 1.54) is 0 Å². The van der Waals surface area contributed by atoms with Crippen molar-refractivity contribution in [1.82, 2.24) is 15.3 Å². The number of carbonyl (C=O) groups excluding carboxylic acids is 1. The summed E-state index contributed by atoms with van der Waals surface area (Å²) in [5, 5.41) is 12.6. The summed E-state index contributed by atoms with van der Waals surface area (Å²) in [5.41, 5.74) is 2.81. The van der Waals surface area contributed by atoms with Crippen LogP contribution in [-0.4, -0.2) is 27.5 Å². The number of phenolic OH excluding ortho intramolecular Hbond substituents is 1. The van der Waals surface area contributed by atoms with Crippen LogP contribution >= 0.6 is 0 Å². The molecule has 0 radical (unpaired) electrons. The van der Waals surface area contributed by atoms with Gasteiger partial charge in [0.05, 0.1) is 11.0 Å². The number of nitrogens with zero attached hydrogens (tertiary/aromatic N) is 1. The lowest BCUT2D eigenvalue weighted by Gasteiger charge is -2.06. The molecule has 0 saturated heterocycles. The number of para-hydroxylation sites is 3. The molecular weight excluding hydrogens is 302 g/mol. The number of aromatic nitrogens is 2. The van der Waals surface area contributed by atoms with E-state index < -0.39 is 0 Å². The fourth-order valence-corrected chi connectivity index (χ4v) is 2.67. The Bertz CT molecular complexity index is 793. The summed E-state index contributed by atoms with van der Waals surface area (Å²) in [6.07, 6.45) is 2.56. The Labute approximate surface area is 140 Å². The average molecular weight is 323 g/mol. The van der Waals surface area contributed by atoms with Crippen molar-refractivity contribution in [3.05, 3.63) is 59.9 Å². The van der Waals surface area contributed by atoms with Crippen molar-refractivity contribution in [1.29, 1.82) is 0 Å². The highest BCUT2D eigenvalue weighted by Gasteiger charge is 2.06. The van der Waals surface area contributed by atoms with Crippen LogP contribution in [0.3, 0.4) is 0 Å². The van der Waals surface area contributed by atoms with Crippen LogP contribution in [0.15, 0.2) is 48.5 Å². The number of aromatic hydroxyl groups is 1. The molecule has 0 unspecified atom stereocenters. The third kappa shape index (κ3) is 4.13. The second-order valence-electron chi connectivity index (χ2n) is 5.78. The first-order valence-corrected chi connectivity index (χ1v) is 8.19. The first kappa shape index (κ1) is 16.1. The zero-order valence-electron chi connectivity index (χ0n) is 13.5. The minimum atomic E-state index is 0.00265. The molecule has 0 fully saturated rings. The summed E-state index contributed by atoms with van der Waals surface area (Å²) in [5.74, 6) is 1.19. The number of nitrogens with one attached hydrogen (secondary N) is 2. The fourth-order valence-electron chi connectivity index (χ4n) is 2.67. The molecule has 5 nitrogen and oxygen atoms in total. The van der Waals surface area contributed by atoms with Crippen LogP contribution in [0.1, 0.15) is 24.2 Å². The van der Waals surface area contributed by atoms with Crippen LogP contribution in [0.2, 0.25) is 0 Å². The number of aryl methyl sites for hydroxylation is 2. The van der Waals surface area contributed by atoms with E-state index in [-0.39, 0.29) is 11.7 Å². The summed E-state index contributed by atoms with van der Waals surface area (Å²) in [6, 6.07) is 15.1. The number of rotatable bonds is 7. The number of H-pyrrole nitrogens is 1. The molecule has 1 aromatic heterocycles. The average Bonchev–Trinajstić information content (AvgIpc) is 3.01. The molecule has 5 heteroatoms. The number of amides is 1. The van der Waals surface area contributed by atoms with Gasteiger partial charge in [0.1, 0.15) is 11.6 Å². The number of hydrogen-bond donors (Lipinski definition) is 3. The molecule has 3 N–H and O–H groups in total. The molecule has 3 aromatic rings. The van der Waals surface area contributed by atoms with Crippen molar-refractivity contribution in [3.8, 4) is 5.75 Å². The van der Waals surface area contributed by atoms with Gasteiger partial charge in [-0.05, 0) is 36.6 Å². The number of imidazole rings is 1. The Morgan fingerprint density at radius 2 is 1.88 bits per heavy atom. The SMILES string of the molecule is O=C(CCc1ccccc1O)NCCCc1nc2ccccc2[nH]1. The molecule has 24 heavy (non-hydrogen) atoms. The number of benzene rings is 2. The van der Waals surface area contributed by atoms with Crippen LogP contribution in [0, 0.1) is 0 Å². The van der Waals surface area contributed by atoms with E-state index in [1.807, 2.05) is 36.4 Å². The molecule has 0 aliphatic carbocycles. The maximum absolute atomic E-state index is 11.9. The third-order valence-corrected chi connectivity index (χ3v) is 3.96. The number of aromatic amines is 1. The molecule has 0 bridgehead atoms. The van der Waals surface area contributed by atoms with Crippen molar-refractivity contribution < 1.29 is 9.90 Å². The second kappa shape index (κ2) is 7.64. The summed E-state index contributed by atoms with van der Waals surface area (Å²) >= 11 is 0. The monoisotopic (exact) mass is 323 g/mol. The Hall–Kier alpha value is -2.82. The van der Waals surface area contributed by atoms with Gasteiger partial charge in [0.2, 0.25) is 5.91 Å². The molecule has 1 heterocycles. The largest absolute Gasteiger partial charge is 0.508 e. The van der Waals surface area contributed by atoms with Gasteiger partial charge in [-0.2, -0.15) is 0 Å². The number of hydrogen-bond acceptors (Lipinski definition) is 3. The topological polar surface area (TPSA) is 78.0 Å². The predicted molar refractivity (Wildman–Crippen MR) is 93.9 cm³/mol. The van der Waals surface area contributed by atoms with Crippen LogP contribution in [0.25, 0.3) is 11.0 Å². The minimum absolute atomic E-state index is 0.00265. The van der Waals surface area contributed by atoms with E-state index in [1.54, 1.807) is 12.1 Å². The molecule has 3 rings (SSSR count). The van der Waals surface area contributed by atoms with E-state index in [0.717, 1.165) is 35.3 Å². The Balaban J connectivity index is 1.38. The van der Waals surface area contributed by atoms with Gasteiger partial charge < -0.3 is 15.4 Å². The summed E-state index contributed by atoms with van der Waals surface area (Å²) in [7, 11) is 0. The Morgan fingerprint density at radius 3 is 2.71 bits per heavy atom. The first-order chi connectivity index (χ1) is 11.7. The van der Waals surface area contributed by atoms with Gasteiger partial charge in [0, 0.05) is 19.4 Å². The van der Waals surface area contributed by atoms with Gasteiger partial charge in [0.25, 0.3) is 0 Å². The van der Waals surface area contributed by atoms with Gasteiger partial charge in [-0.1, -0.05) is 30.3 Å². The van der Waals surface area contributed by atoms with Crippen LogP contribution in [0.4, 0.5) is 0 Å². The number of phenols is 1. The van der Waals surface area contributed by atoms with Crippen LogP contribution in [0.5, 0.6) is 5.75 Å². The van der Waals surface area contributed by atoms with E-state index in [0.29, 0.717) is 19.4 Å². The van der Waals surface area contributed by atoms with Crippen LogP contribution < -0.4 is 5.32 Å². The standard InChI is InChI=1S/C19H21N3O2/c23-17-9-4-1-6-14(17)11-12-19(24)20-13-5-10-18-21-15-7-2-3-8-16(15)22-18/h1-4,6-9,23H,5,10-13H2,(H,20,24)(H,21,22). The Morgan fingerprint density at radius 1 is 1.08 bits per heavy atom.